The van der Waals surface area contributed by atoms with Crippen LogP contribution in [0.15, 0.2) is 78.9 Å². The van der Waals surface area contributed by atoms with Gasteiger partial charge in [0.1, 0.15) is 11.7 Å². The number of halogens is 1. The monoisotopic (exact) mass is 434 g/mol. The molecule has 2 aliphatic rings. The zero-order valence-electron chi connectivity index (χ0n) is 16.6. The molecule has 0 bridgehead atoms. The van der Waals surface area contributed by atoms with E-state index in [1.807, 2.05) is 54.6 Å². The SMILES string of the molecule is COc1ccc(N2O[C@H]3C(=O)N(c4ccc(Cl)cc4)C(=O)[C@@H]3[C@@H]2c2ccccc2)cc1. The van der Waals surface area contributed by atoms with Gasteiger partial charge in [-0.05, 0) is 54.1 Å². The summed E-state index contributed by atoms with van der Waals surface area (Å²) in [5.74, 6) is -0.635. The van der Waals surface area contributed by atoms with Gasteiger partial charge >= 0.3 is 0 Å². The van der Waals surface area contributed by atoms with Crippen molar-refractivity contribution in [3.05, 3.63) is 89.4 Å². The van der Waals surface area contributed by atoms with Gasteiger partial charge in [-0.25, -0.2) is 9.96 Å². The number of benzene rings is 3. The van der Waals surface area contributed by atoms with Crippen LogP contribution in [-0.2, 0) is 14.4 Å². The first-order valence-electron chi connectivity index (χ1n) is 9.87. The number of hydrogen-bond donors (Lipinski definition) is 0. The van der Waals surface area contributed by atoms with Gasteiger partial charge in [0.2, 0.25) is 5.91 Å². The van der Waals surface area contributed by atoms with Crippen LogP contribution in [0.4, 0.5) is 11.4 Å². The zero-order chi connectivity index (χ0) is 21.5. The van der Waals surface area contributed by atoms with Crippen molar-refractivity contribution in [2.24, 2.45) is 5.92 Å². The summed E-state index contributed by atoms with van der Waals surface area (Å²) in [6.45, 7) is 0. The lowest BCUT2D eigenvalue weighted by Gasteiger charge is -2.28. The quantitative estimate of drug-likeness (QED) is 0.570. The third kappa shape index (κ3) is 3.24. The second-order valence-corrected chi connectivity index (χ2v) is 7.86. The van der Waals surface area contributed by atoms with Gasteiger partial charge in [-0.15, -0.1) is 0 Å². The Morgan fingerprint density at radius 3 is 2.13 bits per heavy atom. The molecular weight excluding hydrogens is 416 g/mol. The number of imide groups is 1. The van der Waals surface area contributed by atoms with Crippen molar-refractivity contribution >= 4 is 34.8 Å². The van der Waals surface area contributed by atoms with Crippen LogP contribution in [0.2, 0.25) is 5.02 Å². The Balaban J connectivity index is 1.55. The first-order chi connectivity index (χ1) is 15.1. The molecule has 5 rings (SSSR count). The standard InChI is InChI=1S/C24H19ClN2O4/c1-30-19-13-11-18(12-14-19)27-21(15-5-3-2-4-6-15)20-22(31-27)24(29)26(23(20)28)17-9-7-16(25)8-10-17/h2-14,20-22H,1H3/t20-,21+,22-/m1/s1. The second kappa shape index (κ2) is 7.72. The third-order valence-electron chi connectivity index (χ3n) is 5.67. The minimum atomic E-state index is -0.907. The third-order valence-corrected chi connectivity index (χ3v) is 5.92. The van der Waals surface area contributed by atoms with Gasteiger partial charge in [0, 0.05) is 5.02 Å². The highest BCUT2D eigenvalue weighted by molar-refractivity contribution is 6.31. The number of hydroxylamine groups is 1. The molecule has 0 saturated carbocycles. The summed E-state index contributed by atoms with van der Waals surface area (Å²) in [5, 5.41) is 2.20. The Kier molecular flexibility index (Phi) is 4.88. The smallest absolute Gasteiger partial charge is 0.266 e. The van der Waals surface area contributed by atoms with Gasteiger partial charge in [-0.1, -0.05) is 41.9 Å². The highest BCUT2D eigenvalue weighted by atomic mass is 35.5. The summed E-state index contributed by atoms with van der Waals surface area (Å²) in [6.07, 6.45) is -0.907. The Labute approximate surface area is 184 Å². The molecule has 6 nitrogen and oxygen atoms in total. The van der Waals surface area contributed by atoms with Crippen molar-refractivity contribution in [2.75, 3.05) is 17.1 Å². The molecule has 0 aromatic heterocycles. The fourth-order valence-electron chi connectivity index (χ4n) is 4.20. The van der Waals surface area contributed by atoms with E-state index in [1.54, 1.807) is 36.4 Å². The lowest BCUT2D eigenvalue weighted by molar-refractivity contribution is -0.126. The Hall–Kier alpha value is -3.35. The number of amides is 2. The molecule has 0 N–H and O–H groups in total. The molecule has 3 atom stereocenters. The maximum absolute atomic E-state index is 13.5. The van der Waals surface area contributed by atoms with Gasteiger partial charge in [0.05, 0.1) is 24.5 Å². The average Bonchev–Trinajstić information content (AvgIpc) is 3.31. The molecule has 3 aromatic rings. The van der Waals surface area contributed by atoms with Crippen LogP contribution in [0.5, 0.6) is 5.75 Å². The molecule has 31 heavy (non-hydrogen) atoms. The van der Waals surface area contributed by atoms with Gasteiger partial charge in [0.15, 0.2) is 6.10 Å². The van der Waals surface area contributed by atoms with E-state index >= 15 is 0 Å². The summed E-state index contributed by atoms with van der Waals surface area (Å²) in [4.78, 5) is 34.1. The lowest BCUT2D eigenvalue weighted by atomic mass is 9.90. The van der Waals surface area contributed by atoms with E-state index in [0.717, 1.165) is 11.3 Å². The molecule has 2 aliphatic heterocycles. The fourth-order valence-corrected chi connectivity index (χ4v) is 4.33. The molecule has 2 heterocycles. The molecule has 0 unspecified atom stereocenters. The van der Waals surface area contributed by atoms with Crippen molar-refractivity contribution in [1.82, 2.24) is 0 Å². The number of ether oxygens (including phenoxy) is 1. The van der Waals surface area contributed by atoms with Crippen LogP contribution < -0.4 is 14.7 Å². The summed E-state index contributed by atoms with van der Waals surface area (Å²) >= 11 is 5.97. The lowest BCUT2D eigenvalue weighted by Crippen LogP contribution is -2.37. The van der Waals surface area contributed by atoms with Crippen LogP contribution in [-0.4, -0.2) is 25.0 Å². The molecule has 2 saturated heterocycles. The van der Waals surface area contributed by atoms with Gasteiger partial charge < -0.3 is 4.74 Å². The normalized spacial score (nSPS) is 22.7. The topological polar surface area (TPSA) is 59.1 Å². The number of fused-ring (bicyclic) bond motifs is 1. The van der Waals surface area contributed by atoms with Crippen LogP contribution >= 0.6 is 11.6 Å². The van der Waals surface area contributed by atoms with Crippen LogP contribution in [0, 0.1) is 5.92 Å². The van der Waals surface area contributed by atoms with Crippen molar-refractivity contribution in [3.8, 4) is 5.75 Å². The zero-order valence-corrected chi connectivity index (χ0v) is 17.4. The van der Waals surface area contributed by atoms with E-state index in [9.17, 15) is 9.59 Å². The minimum absolute atomic E-state index is 0.290. The number of carbonyl (C=O) groups is 2. The molecule has 3 aromatic carbocycles. The molecule has 0 radical (unpaired) electrons. The van der Waals surface area contributed by atoms with E-state index < -0.39 is 18.1 Å². The number of nitrogens with zero attached hydrogens (tertiary/aromatic N) is 2. The van der Waals surface area contributed by atoms with E-state index in [4.69, 9.17) is 21.2 Å². The molecule has 2 amide bonds. The highest BCUT2D eigenvalue weighted by Gasteiger charge is 2.60. The van der Waals surface area contributed by atoms with Gasteiger partial charge in [-0.2, -0.15) is 0 Å². The predicted molar refractivity (Wildman–Crippen MR) is 117 cm³/mol. The second-order valence-electron chi connectivity index (χ2n) is 7.42. The number of rotatable bonds is 4. The van der Waals surface area contributed by atoms with Crippen LogP contribution in [0.3, 0.4) is 0 Å². The Morgan fingerprint density at radius 1 is 0.839 bits per heavy atom. The predicted octanol–water partition coefficient (Wildman–Crippen LogP) is 4.40. The van der Waals surface area contributed by atoms with Crippen molar-refractivity contribution in [1.29, 1.82) is 0 Å². The summed E-state index contributed by atoms with van der Waals surface area (Å²) in [7, 11) is 1.60. The maximum atomic E-state index is 13.5. The summed E-state index contributed by atoms with van der Waals surface area (Å²) < 4.78 is 5.24. The highest BCUT2D eigenvalue weighted by Crippen LogP contribution is 2.47. The molecule has 156 valence electrons. The molecule has 0 aliphatic carbocycles. The number of hydrogen-bond acceptors (Lipinski definition) is 5. The van der Waals surface area contributed by atoms with E-state index in [-0.39, 0.29) is 11.8 Å². The van der Waals surface area contributed by atoms with Gasteiger partial charge in [-0.3, -0.25) is 14.4 Å². The number of methoxy groups -OCH3 is 1. The first kappa shape index (κ1) is 19.6. The van der Waals surface area contributed by atoms with Crippen molar-refractivity contribution < 1.29 is 19.2 Å². The van der Waals surface area contributed by atoms with E-state index in [2.05, 4.69) is 0 Å². The minimum Gasteiger partial charge on any atom is -0.497 e. The van der Waals surface area contributed by atoms with Crippen LogP contribution in [0.25, 0.3) is 0 Å². The Bertz CT molecular complexity index is 1120. The molecular formula is C24H19ClN2O4. The van der Waals surface area contributed by atoms with Gasteiger partial charge in [0.25, 0.3) is 5.91 Å². The molecule has 0 spiro atoms. The van der Waals surface area contributed by atoms with Crippen molar-refractivity contribution in [2.45, 2.75) is 12.1 Å². The maximum Gasteiger partial charge on any atom is 0.266 e. The van der Waals surface area contributed by atoms with E-state index in [1.165, 1.54) is 4.90 Å². The first-order valence-corrected chi connectivity index (χ1v) is 10.2. The summed E-state index contributed by atoms with van der Waals surface area (Å²) in [5.41, 5.74) is 2.12. The largest absolute Gasteiger partial charge is 0.497 e. The molecule has 7 heteroatoms. The average molecular weight is 435 g/mol. The number of anilines is 2. The van der Waals surface area contributed by atoms with Crippen molar-refractivity contribution in [3.63, 3.8) is 0 Å². The molecule has 2 fully saturated rings. The fraction of sp³-hybridized carbons (Fsp3) is 0.167. The Morgan fingerprint density at radius 2 is 1.48 bits per heavy atom. The summed E-state index contributed by atoms with van der Waals surface area (Å²) in [6, 6.07) is 23.1. The number of carbonyl (C=O) groups excluding carboxylic acids is 2. The van der Waals surface area contributed by atoms with E-state index in [0.29, 0.717) is 16.5 Å². The van der Waals surface area contributed by atoms with Crippen LogP contribution in [0.1, 0.15) is 11.6 Å².